The second-order valence-electron chi connectivity index (χ2n) is 4.75. The summed E-state index contributed by atoms with van der Waals surface area (Å²) < 4.78 is 0.642. The smallest absolute Gasteiger partial charge is 0.317 e. The van der Waals surface area contributed by atoms with Gasteiger partial charge in [0, 0.05) is 11.8 Å². The summed E-state index contributed by atoms with van der Waals surface area (Å²) in [5.41, 5.74) is 2.42. The van der Waals surface area contributed by atoms with Gasteiger partial charge in [0.25, 0.3) is 5.95 Å². The molecule has 0 saturated carbocycles. The molecule has 0 radical (unpaired) electrons. The number of hydrogen-bond donors (Lipinski definition) is 3. The lowest BCUT2D eigenvalue weighted by molar-refractivity contribution is -0.535. The molecule has 2 aromatic carbocycles. The Kier molecular flexibility index (Phi) is 3.53. The first-order valence-corrected chi connectivity index (χ1v) is 6.61. The lowest BCUT2D eigenvalue weighted by Gasteiger charge is -2.04. The first-order valence-electron chi connectivity index (χ1n) is 6.61. The summed E-state index contributed by atoms with van der Waals surface area (Å²) in [6.45, 7) is 0. The van der Waals surface area contributed by atoms with Gasteiger partial charge in [-0.2, -0.15) is 0 Å². The molecule has 0 saturated heterocycles. The van der Waals surface area contributed by atoms with Crippen LogP contribution in [0.5, 0.6) is 0 Å². The van der Waals surface area contributed by atoms with Crippen molar-refractivity contribution in [1.29, 1.82) is 0 Å². The predicted octanol–water partition coefficient (Wildman–Crippen LogP) is 1.85. The molecule has 0 fully saturated rings. The van der Waals surface area contributed by atoms with Crippen molar-refractivity contribution >= 4 is 28.6 Å². The molecule has 3 aromatic rings. The van der Waals surface area contributed by atoms with Gasteiger partial charge in [0.1, 0.15) is 5.52 Å². The van der Waals surface area contributed by atoms with E-state index >= 15 is 0 Å². The van der Waals surface area contributed by atoms with Gasteiger partial charge in [-0.05, 0) is 23.8 Å². The molecule has 110 valence electrons. The van der Waals surface area contributed by atoms with Crippen LogP contribution in [0.1, 0.15) is 5.56 Å². The van der Waals surface area contributed by atoms with Gasteiger partial charge in [-0.15, -0.1) is 0 Å². The first-order chi connectivity index (χ1) is 10.6. The van der Waals surface area contributed by atoms with Gasteiger partial charge >= 0.3 is 11.5 Å². The summed E-state index contributed by atoms with van der Waals surface area (Å²) in [6.07, 6.45) is -0.0266. The lowest BCUT2D eigenvalue weighted by atomic mass is 10.1. The highest BCUT2D eigenvalue weighted by atomic mass is 16.4. The number of hydrogen-bond acceptors (Lipinski definition) is 4. The van der Waals surface area contributed by atoms with E-state index in [1.807, 2.05) is 0 Å². The van der Waals surface area contributed by atoms with E-state index in [9.17, 15) is 9.70 Å². The quantitative estimate of drug-likeness (QED) is 0.638. The number of rotatable bonds is 4. The van der Waals surface area contributed by atoms with Crippen molar-refractivity contribution in [3.05, 3.63) is 59.0 Å². The Hall–Kier alpha value is -3.22. The number of aliphatic carboxylic acids is 1. The number of fused-ring (bicyclic) bond motifs is 1. The van der Waals surface area contributed by atoms with E-state index in [4.69, 9.17) is 5.11 Å². The van der Waals surface area contributed by atoms with Crippen LogP contribution in [0.2, 0.25) is 0 Å². The van der Waals surface area contributed by atoms with Gasteiger partial charge in [0.05, 0.1) is 11.3 Å². The number of nitrogens with zero attached hydrogens (tertiary/aromatic N) is 2. The number of H-pyrrole nitrogens is 1. The summed E-state index contributed by atoms with van der Waals surface area (Å²) in [7, 11) is 0. The van der Waals surface area contributed by atoms with Crippen LogP contribution in [-0.2, 0) is 11.2 Å². The third-order valence-electron chi connectivity index (χ3n) is 3.11. The number of benzene rings is 2. The molecular weight excluding hydrogens is 284 g/mol. The average molecular weight is 297 g/mol. The number of carboxylic acid groups (broad SMARTS) is 1. The molecule has 0 amide bonds. The molecule has 0 aliphatic carbocycles. The van der Waals surface area contributed by atoms with E-state index in [1.54, 1.807) is 48.5 Å². The molecule has 0 bridgehead atoms. The van der Waals surface area contributed by atoms with Crippen molar-refractivity contribution in [3.8, 4) is 0 Å². The molecule has 1 heterocycles. The molecule has 0 atom stereocenters. The van der Waals surface area contributed by atoms with Gasteiger partial charge in [0.2, 0.25) is 0 Å². The maximum absolute atomic E-state index is 11.9. The van der Waals surface area contributed by atoms with E-state index in [1.165, 1.54) is 0 Å². The Morgan fingerprint density at radius 2 is 1.91 bits per heavy atom. The second kappa shape index (κ2) is 5.65. The van der Waals surface area contributed by atoms with Crippen molar-refractivity contribution in [2.24, 2.45) is 0 Å². The molecular formula is C15H13N4O3+. The van der Waals surface area contributed by atoms with Gasteiger partial charge in [-0.25, -0.2) is 4.98 Å². The molecule has 0 spiro atoms. The van der Waals surface area contributed by atoms with Crippen molar-refractivity contribution < 1.29 is 14.4 Å². The first kappa shape index (κ1) is 13.7. The number of para-hydroxylation sites is 2. The van der Waals surface area contributed by atoms with Crippen LogP contribution in [0.3, 0.4) is 0 Å². The molecule has 1 aromatic heterocycles. The van der Waals surface area contributed by atoms with Crippen molar-refractivity contribution in [2.45, 2.75) is 6.42 Å². The highest BCUT2D eigenvalue weighted by Gasteiger charge is 2.10. The number of aromatic amines is 1. The van der Waals surface area contributed by atoms with Gasteiger partial charge in [-0.1, -0.05) is 29.4 Å². The minimum Gasteiger partial charge on any atom is -0.481 e. The number of carboxylic acids is 1. The van der Waals surface area contributed by atoms with Crippen molar-refractivity contribution in [2.75, 3.05) is 5.32 Å². The molecule has 22 heavy (non-hydrogen) atoms. The zero-order valence-corrected chi connectivity index (χ0v) is 11.5. The van der Waals surface area contributed by atoms with E-state index in [-0.39, 0.29) is 6.42 Å². The van der Waals surface area contributed by atoms with Crippen LogP contribution in [0.15, 0.2) is 48.5 Å². The molecule has 3 N–H and O–H groups in total. The fraction of sp³-hybridized carbons (Fsp3) is 0.0667. The van der Waals surface area contributed by atoms with Gasteiger partial charge < -0.3 is 10.4 Å². The Morgan fingerprint density at radius 1 is 1.18 bits per heavy atom. The molecule has 0 unspecified atom stereocenters. The number of nitrogens with one attached hydrogen (secondary N) is 2. The third-order valence-corrected chi connectivity index (χ3v) is 3.11. The topological polar surface area (TPSA) is 101 Å². The predicted molar refractivity (Wildman–Crippen MR) is 80.5 cm³/mol. The number of aromatic nitrogens is 3. The Labute approximate surface area is 124 Å². The summed E-state index contributed by atoms with van der Waals surface area (Å²) in [5.74, 6) is -0.572. The Bertz CT molecular complexity index is 887. The largest absolute Gasteiger partial charge is 0.481 e. The molecule has 0 aliphatic heterocycles. The van der Waals surface area contributed by atoms with Crippen molar-refractivity contribution in [3.63, 3.8) is 0 Å². The van der Waals surface area contributed by atoms with Crippen molar-refractivity contribution in [1.82, 2.24) is 10.1 Å². The standard InChI is InChI=1S/C15H12N4O3/c20-14(21)9-10-5-7-11(8-6-10)16-15-17-12-3-1-2-4-13(12)19(22)18-15/h1-8H,9H2,(H2-,16,17,18,20,21,22)/p+1. The Balaban J connectivity index is 1.86. The average Bonchev–Trinajstić information content (AvgIpc) is 2.49. The Morgan fingerprint density at radius 3 is 2.64 bits per heavy atom. The SMILES string of the molecule is O=C(O)Cc1ccc(Nc2nc3ccccc3[n+](=O)[nH]2)cc1. The zero-order chi connectivity index (χ0) is 15.5. The van der Waals surface area contributed by atoms with Crippen LogP contribution < -0.4 is 9.86 Å². The van der Waals surface area contributed by atoms with E-state index < -0.39 is 5.97 Å². The third kappa shape index (κ3) is 2.93. The molecule has 7 nitrogen and oxygen atoms in total. The van der Waals surface area contributed by atoms with E-state index in [0.29, 0.717) is 32.8 Å². The number of carbonyl (C=O) groups is 1. The van der Waals surface area contributed by atoms with Gasteiger partial charge in [-0.3, -0.25) is 4.79 Å². The summed E-state index contributed by atoms with van der Waals surface area (Å²) in [5, 5.41) is 14.3. The fourth-order valence-electron chi connectivity index (χ4n) is 2.11. The van der Waals surface area contributed by atoms with Crippen LogP contribution >= 0.6 is 0 Å². The summed E-state index contributed by atoms with van der Waals surface area (Å²) in [4.78, 5) is 26.8. The van der Waals surface area contributed by atoms with Crippen LogP contribution in [0.25, 0.3) is 11.0 Å². The molecule has 0 aliphatic rings. The molecule has 3 rings (SSSR count). The fourth-order valence-corrected chi connectivity index (χ4v) is 2.11. The van der Waals surface area contributed by atoms with Crippen LogP contribution in [-0.4, -0.2) is 21.2 Å². The molecule has 7 heteroatoms. The minimum absolute atomic E-state index is 0.0266. The van der Waals surface area contributed by atoms with Crippen LogP contribution in [0, 0.1) is 4.91 Å². The maximum atomic E-state index is 11.9. The van der Waals surface area contributed by atoms with E-state index in [2.05, 4.69) is 15.4 Å². The van der Waals surface area contributed by atoms with Crippen LogP contribution in [0.4, 0.5) is 11.6 Å². The normalized spacial score (nSPS) is 10.5. The number of anilines is 2. The maximum Gasteiger partial charge on any atom is 0.317 e. The summed E-state index contributed by atoms with van der Waals surface area (Å²) in [6, 6.07) is 13.9. The van der Waals surface area contributed by atoms with Gasteiger partial charge in [0.15, 0.2) is 4.54 Å². The highest BCUT2D eigenvalue weighted by Crippen LogP contribution is 2.15. The zero-order valence-electron chi connectivity index (χ0n) is 11.5. The van der Waals surface area contributed by atoms with E-state index in [0.717, 1.165) is 0 Å². The monoisotopic (exact) mass is 297 g/mol. The lowest BCUT2D eigenvalue weighted by Crippen LogP contribution is -2.22. The second-order valence-corrected chi connectivity index (χ2v) is 4.75. The summed E-state index contributed by atoms with van der Waals surface area (Å²) >= 11 is 0. The minimum atomic E-state index is -0.877. The highest BCUT2D eigenvalue weighted by molar-refractivity contribution is 5.72.